The Kier molecular flexibility index (Phi) is 12.4. The maximum absolute atomic E-state index is 2.23. The van der Waals surface area contributed by atoms with Gasteiger partial charge in [0.25, 0.3) is 0 Å². The summed E-state index contributed by atoms with van der Waals surface area (Å²) in [6.07, 6.45) is 0. The van der Waals surface area contributed by atoms with E-state index in [2.05, 4.69) is 182 Å². The van der Waals surface area contributed by atoms with Crippen LogP contribution in [0.4, 0.5) is 0 Å². The van der Waals surface area contributed by atoms with E-state index in [1.807, 2.05) is 0 Å². The van der Waals surface area contributed by atoms with Gasteiger partial charge in [-0.2, -0.15) is 0 Å². The molecule has 0 bridgehead atoms. The molecule has 39 heavy (non-hydrogen) atoms. The van der Waals surface area contributed by atoms with Gasteiger partial charge < -0.3 is 0 Å². The zero-order chi connectivity index (χ0) is 25.8. The Hall–Kier alpha value is -2.18. The van der Waals surface area contributed by atoms with Crippen LogP contribution in [0.25, 0.3) is 0 Å². The van der Waals surface area contributed by atoms with Crippen LogP contribution in [0.1, 0.15) is 0 Å². The monoisotopic (exact) mass is 563 g/mol. The normalized spacial score (nSPS) is 10.3. The Morgan fingerprint density at radius 2 is 0.333 bits per heavy atom. The van der Waals surface area contributed by atoms with Gasteiger partial charge in [-0.15, -0.1) is 0 Å². The molecular weight excluding hydrogens is 533 g/mol. The van der Waals surface area contributed by atoms with Gasteiger partial charge in [0.1, 0.15) is 0 Å². The molecule has 0 aliphatic rings. The molecule has 0 unspecified atom stereocenters. The largest absolute Gasteiger partial charge is 0.0622 e. The summed E-state index contributed by atoms with van der Waals surface area (Å²) in [7, 11) is -0.892. The molecule has 1 radical (unpaired) electrons. The average molecular weight is 564 g/mol. The third-order valence-corrected chi connectivity index (χ3v) is 11.0. The van der Waals surface area contributed by atoms with Gasteiger partial charge in [-0.3, -0.25) is 0 Å². The summed E-state index contributed by atoms with van der Waals surface area (Å²) in [6, 6.07) is 64.7. The standard InChI is InChI=1S/2C18H15P.K/c2*1-4-10-16(11-5-1)19(17-12-6-2-7-13-17)18-14-8-3-9-15-18;/h2*1-15H;. The van der Waals surface area contributed by atoms with Crippen LogP contribution in [0.3, 0.4) is 0 Å². The maximum Gasteiger partial charge on any atom is 0 e. The van der Waals surface area contributed by atoms with Gasteiger partial charge in [-0.25, -0.2) is 0 Å². The van der Waals surface area contributed by atoms with Gasteiger partial charge in [0, 0.05) is 51.4 Å². The maximum atomic E-state index is 2.23. The first-order valence-electron chi connectivity index (χ1n) is 12.8. The third kappa shape index (κ3) is 8.40. The molecule has 6 aromatic carbocycles. The molecule has 185 valence electrons. The van der Waals surface area contributed by atoms with Crippen molar-refractivity contribution in [2.45, 2.75) is 0 Å². The Morgan fingerprint density at radius 3 is 0.462 bits per heavy atom. The number of rotatable bonds is 6. The zero-order valence-electron chi connectivity index (χ0n) is 22.2. The first kappa shape index (κ1) is 29.8. The minimum absolute atomic E-state index is 0. The second-order valence-corrected chi connectivity index (χ2v) is 13.1. The number of hydrogen-bond donors (Lipinski definition) is 0. The fraction of sp³-hybridized carbons (Fsp3) is 0. The van der Waals surface area contributed by atoms with Crippen LogP contribution in [0.5, 0.6) is 0 Å². The van der Waals surface area contributed by atoms with Crippen molar-refractivity contribution >= 4 is 99.1 Å². The molecule has 0 nitrogen and oxygen atoms in total. The van der Waals surface area contributed by atoms with Crippen LogP contribution in [0.2, 0.25) is 0 Å². The van der Waals surface area contributed by atoms with E-state index in [0.717, 1.165) is 0 Å². The Morgan fingerprint density at radius 1 is 0.205 bits per heavy atom. The summed E-state index contributed by atoms with van der Waals surface area (Å²) >= 11 is 0. The molecular formula is C36H30KP2. The van der Waals surface area contributed by atoms with Crippen molar-refractivity contribution in [3.05, 3.63) is 182 Å². The van der Waals surface area contributed by atoms with Crippen LogP contribution < -0.4 is 31.8 Å². The molecule has 3 heteroatoms. The Labute approximate surface area is 278 Å². The number of benzene rings is 6. The molecule has 0 spiro atoms. The van der Waals surface area contributed by atoms with E-state index in [9.17, 15) is 0 Å². The quantitative estimate of drug-likeness (QED) is 0.160. The average Bonchev–Trinajstić information content (AvgIpc) is 3.01. The van der Waals surface area contributed by atoms with Gasteiger partial charge in [0.05, 0.1) is 0 Å². The van der Waals surface area contributed by atoms with Crippen LogP contribution >= 0.6 is 15.8 Å². The van der Waals surface area contributed by atoms with Crippen molar-refractivity contribution < 1.29 is 0 Å². The second kappa shape index (κ2) is 16.2. The van der Waals surface area contributed by atoms with E-state index < -0.39 is 15.8 Å². The van der Waals surface area contributed by atoms with Crippen molar-refractivity contribution in [1.82, 2.24) is 0 Å². The van der Waals surface area contributed by atoms with E-state index in [0.29, 0.717) is 0 Å². The minimum atomic E-state index is -0.446. The third-order valence-electron chi connectivity index (χ3n) is 6.09. The summed E-state index contributed by atoms with van der Waals surface area (Å²) in [4.78, 5) is 0. The molecule has 0 fully saturated rings. The van der Waals surface area contributed by atoms with Crippen molar-refractivity contribution in [3.63, 3.8) is 0 Å². The molecule has 0 saturated carbocycles. The molecule has 0 saturated heterocycles. The zero-order valence-corrected chi connectivity index (χ0v) is 27.1. The summed E-state index contributed by atoms with van der Waals surface area (Å²) in [5.74, 6) is 0. The first-order chi connectivity index (χ1) is 18.9. The fourth-order valence-electron chi connectivity index (χ4n) is 4.36. The minimum Gasteiger partial charge on any atom is -0.0622 e. The molecule has 0 aliphatic heterocycles. The molecule has 0 N–H and O–H groups in total. The van der Waals surface area contributed by atoms with Gasteiger partial charge in [0.15, 0.2) is 0 Å². The predicted molar refractivity (Wildman–Crippen MR) is 176 cm³/mol. The van der Waals surface area contributed by atoms with Gasteiger partial charge in [0.2, 0.25) is 0 Å². The van der Waals surface area contributed by atoms with Crippen molar-refractivity contribution in [2.75, 3.05) is 0 Å². The van der Waals surface area contributed by atoms with E-state index in [4.69, 9.17) is 0 Å². The summed E-state index contributed by atoms with van der Waals surface area (Å²) < 4.78 is 0. The molecule has 0 heterocycles. The van der Waals surface area contributed by atoms with Crippen LogP contribution in [0, 0.1) is 0 Å². The number of hydrogen-bond acceptors (Lipinski definition) is 0. The van der Waals surface area contributed by atoms with Crippen LogP contribution in [-0.4, -0.2) is 51.4 Å². The van der Waals surface area contributed by atoms with Crippen molar-refractivity contribution in [2.24, 2.45) is 0 Å². The van der Waals surface area contributed by atoms with Crippen molar-refractivity contribution in [3.8, 4) is 0 Å². The van der Waals surface area contributed by atoms with Crippen molar-refractivity contribution in [1.29, 1.82) is 0 Å². The van der Waals surface area contributed by atoms with E-state index >= 15 is 0 Å². The summed E-state index contributed by atoms with van der Waals surface area (Å²) in [6.45, 7) is 0. The smallest absolute Gasteiger partial charge is 0 e. The molecule has 6 aromatic rings. The van der Waals surface area contributed by atoms with Gasteiger partial charge in [-0.1, -0.05) is 182 Å². The van der Waals surface area contributed by atoms with E-state index in [1.54, 1.807) is 0 Å². The predicted octanol–water partition coefficient (Wildman–Crippen LogP) is 6.51. The molecule has 0 amide bonds. The second-order valence-electron chi connectivity index (χ2n) is 8.68. The van der Waals surface area contributed by atoms with Crippen LogP contribution in [0.15, 0.2) is 182 Å². The van der Waals surface area contributed by atoms with E-state index in [-0.39, 0.29) is 51.4 Å². The van der Waals surface area contributed by atoms with E-state index in [1.165, 1.54) is 31.8 Å². The molecule has 0 aliphatic carbocycles. The van der Waals surface area contributed by atoms with Gasteiger partial charge in [-0.05, 0) is 47.7 Å². The first-order valence-corrected chi connectivity index (χ1v) is 15.5. The topological polar surface area (TPSA) is 0 Å². The molecule has 0 atom stereocenters. The SMILES string of the molecule is [K].c1ccc(P(c2ccccc2)c2ccccc2)cc1.c1ccc(P(c2ccccc2)c2ccccc2)cc1. The fourth-order valence-corrected chi connectivity index (χ4v) is 8.97. The van der Waals surface area contributed by atoms with Crippen LogP contribution in [-0.2, 0) is 0 Å². The Balaban J connectivity index is 0.000000176. The molecule has 0 aromatic heterocycles. The van der Waals surface area contributed by atoms with Gasteiger partial charge >= 0.3 is 0 Å². The molecule has 6 rings (SSSR count). The Bertz CT molecular complexity index is 1170. The summed E-state index contributed by atoms with van der Waals surface area (Å²) in [5.41, 5.74) is 0. The summed E-state index contributed by atoms with van der Waals surface area (Å²) in [5, 5.41) is 8.39.